The second-order valence-electron chi connectivity index (χ2n) is 5.49. The highest BCUT2D eigenvalue weighted by atomic mass is 31.2. The molecule has 0 heterocycles. The van der Waals surface area contributed by atoms with E-state index in [4.69, 9.17) is 0 Å². The number of hydrogen-bond donors (Lipinski definition) is 0. The molecule has 0 unspecified atom stereocenters. The van der Waals surface area contributed by atoms with E-state index < -0.39 is 7.14 Å². The summed E-state index contributed by atoms with van der Waals surface area (Å²) in [7, 11) is -2.78. The molecular weight excluding hydrogens is 323 g/mol. The summed E-state index contributed by atoms with van der Waals surface area (Å²) in [5.74, 6) is 11.7. The molecule has 0 saturated carbocycles. The van der Waals surface area contributed by atoms with Gasteiger partial charge in [-0.2, -0.15) is 0 Å². The Morgan fingerprint density at radius 2 is 1.12 bits per heavy atom. The van der Waals surface area contributed by atoms with Crippen LogP contribution >= 0.6 is 7.14 Å². The molecule has 0 fully saturated rings. The Labute approximate surface area is 149 Å². The van der Waals surface area contributed by atoms with Gasteiger partial charge in [0.25, 0.3) is 0 Å². The summed E-state index contributed by atoms with van der Waals surface area (Å²) in [6.45, 7) is 0. The van der Waals surface area contributed by atoms with Gasteiger partial charge >= 0.3 is 0 Å². The average molecular weight is 340 g/mol. The van der Waals surface area contributed by atoms with Crippen LogP contribution in [0.1, 0.15) is 5.56 Å². The van der Waals surface area contributed by atoms with Crippen LogP contribution in [0.2, 0.25) is 0 Å². The third-order valence-corrected chi connectivity index (χ3v) is 6.65. The van der Waals surface area contributed by atoms with Crippen molar-refractivity contribution in [3.63, 3.8) is 0 Å². The third kappa shape index (κ3) is 4.30. The van der Waals surface area contributed by atoms with Crippen LogP contribution < -0.4 is 10.6 Å². The lowest BCUT2D eigenvalue weighted by Gasteiger charge is -2.16. The van der Waals surface area contributed by atoms with Gasteiger partial charge in [0.05, 0.1) is 6.16 Å². The zero-order valence-corrected chi connectivity index (χ0v) is 14.6. The highest BCUT2D eigenvalue weighted by Crippen LogP contribution is 2.42. The summed E-state index contributed by atoms with van der Waals surface area (Å²) in [4.78, 5) is 0. The summed E-state index contributed by atoms with van der Waals surface area (Å²) >= 11 is 0. The second kappa shape index (κ2) is 8.21. The molecule has 0 radical (unpaired) electrons. The van der Waals surface area contributed by atoms with E-state index in [1.165, 1.54) is 0 Å². The standard InChI is InChI=1S/C23H17OP/c24-25(22-16-8-2-9-17-22,23-18-10-3-11-19-23)20-12-4-7-15-21-13-5-1-6-14-21/h1-3,5-6,8-11,13-14,16-19H,20H2. The van der Waals surface area contributed by atoms with Gasteiger partial charge < -0.3 is 4.57 Å². The molecule has 3 aromatic carbocycles. The molecule has 0 N–H and O–H groups in total. The fourth-order valence-electron chi connectivity index (χ4n) is 2.49. The van der Waals surface area contributed by atoms with Gasteiger partial charge in [-0.3, -0.25) is 0 Å². The molecule has 3 rings (SSSR count). The largest absolute Gasteiger partial charge is 0.313 e. The highest BCUT2D eigenvalue weighted by Gasteiger charge is 2.25. The van der Waals surface area contributed by atoms with Crippen LogP contribution in [0.3, 0.4) is 0 Å². The lowest BCUT2D eigenvalue weighted by Crippen LogP contribution is -2.17. The van der Waals surface area contributed by atoms with Crippen molar-refractivity contribution in [2.24, 2.45) is 0 Å². The van der Waals surface area contributed by atoms with E-state index in [0.717, 1.165) is 16.2 Å². The van der Waals surface area contributed by atoms with Crippen molar-refractivity contribution < 1.29 is 4.57 Å². The quantitative estimate of drug-likeness (QED) is 0.519. The van der Waals surface area contributed by atoms with Crippen molar-refractivity contribution >= 4 is 17.8 Å². The van der Waals surface area contributed by atoms with Gasteiger partial charge in [0.1, 0.15) is 0 Å². The first-order chi connectivity index (χ1) is 12.3. The molecule has 1 nitrogen and oxygen atoms in total. The van der Waals surface area contributed by atoms with E-state index in [1.807, 2.05) is 91.0 Å². The predicted octanol–water partition coefficient (Wildman–Crippen LogP) is 4.06. The molecule has 0 spiro atoms. The van der Waals surface area contributed by atoms with Crippen LogP contribution in [0.5, 0.6) is 0 Å². The molecule has 0 aliphatic carbocycles. The molecular formula is C23H17OP. The molecule has 0 aliphatic rings. The normalized spacial score (nSPS) is 10.1. The van der Waals surface area contributed by atoms with E-state index in [9.17, 15) is 4.57 Å². The molecule has 25 heavy (non-hydrogen) atoms. The minimum absolute atomic E-state index is 0.282. The summed E-state index contributed by atoms with van der Waals surface area (Å²) < 4.78 is 13.7. The number of hydrogen-bond acceptors (Lipinski definition) is 1. The van der Waals surface area contributed by atoms with E-state index in [2.05, 4.69) is 23.7 Å². The molecule has 120 valence electrons. The van der Waals surface area contributed by atoms with Gasteiger partial charge in [0.2, 0.25) is 0 Å². The Morgan fingerprint density at radius 3 is 1.64 bits per heavy atom. The zero-order chi connectivity index (χ0) is 17.4. The van der Waals surface area contributed by atoms with Crippen molar-refractivity contribution in [1.29, 1.82) is 0 Å². The lowest BCUT2D eigenvalue weighted by atomic mass is 10.2. The SMILES string of the molecule is O=P(CC#CC#Cc1ccccc1)(c1ccccc1)c1ccccc1. The van der Waals surface area contributed by atoms with Gasteiger partial charge in [0.15, 0.2) is 7.14 Å². The van der Waals surface area contributed by atoms with Crippen LogP contribution in [-0.2, 0) is 4.57 Å². The Morgan fingerprint density at radius 1 is 0.640 bits per heavy atom. The zero-order valence-electron chi connectivity index (χ0n) is 13.7. The van der Waals surface area contributed by atoms with Crippen molar-refractivity contribution in [3.8, 4) is 23.7 Å². The summed E-state index contributed by atoms with van der Waals surface area (Å²) in [5.41, 5.74) is 0.922. The van der Waals surface area contributed by atoms with Crippen molar-refractivity contribution in [1.82, 2.24) is 0 Å². The van der Waals surface area contributed by atoms with Gasteiger partial charge in [-0.25, -0.2) is 0 Å². The maximum absolute atomic E-state index is 13.7. The van der Waals surface area contributed by atoms with Crippen LogP contribution in [0.4, 0.5) is 0 Å². The van der Waals surface area contributed by atoms with Crippen LogP contribution in [-0.4, -0.2) is 6.16 Å². The fourth-order valence-corrected chi connectivity index (χ4v) is 4.76. The molecule has 0 bridgehead atoms. The predicted molar refractivity (Wildman–Crippen MR) is 106 cm³/mol. The van der Waals surface area contributed by atoms with E-state index in [-0.39, 0.29) is 6.16 Å². The van der Waals surface area contributed by atoms with Crippen molar-refractivity contribution in [2.45, 2.75) is 0 Å². The smallest absolute Gasteiger partial charge is 0.154 e. The topological polar surface area (TPSA) is 17.1 Å². The summed E-state index contributed by atoms with van der Waals surface area (Å²) in [5, 5.41) is 1.65. The summed E-state index contributed by atoms with van der Waals surface area (Å²) in [6, 6.07) is 28.8. The lowest BCUT2D eigenvalue weighted by molar-refractivity contribution is 0.589. The Hall–Kier alpha value is -2.99. The molecule has 0 aromatic heterocycles. The van der Waals surface area contributed by atoms with E-state index >= 15 is 0 Å². The average Bonchev–Trinajstić information content (AvgIpc) is 2.70. The van der Waals surface area contributed by atoms with E-state index in [0.29, 0.717) is 0 Å². The van der Waals surface area contributed by atoms with Gasteiger partial charge in [-0.05, 0) is 24.0 Å². The van der Waals surface area contributed by atoms with Crippen molar-refractivity contribution in [3.05, 3.63) is 96.6 Å². The maximum atomic E-state index is 13.7. The Balaban J connectivity index is 1.87. The second-order valence-corrected chi connectivity index (χ2v) is 8.32. The van der Waals surface area contributed by atoms with Crippen LogP contribution in [0.15, 0.2) is 91.0 Å². The molecule has 0 aliphatic heterocycles. The first-order valence-corrected chi connectivity index (χ1v) is 9.92. The number of benzene rings is 3. The molecule has 0 amide bonds. The van der Waals surface area contributed by atoms with Gasteiger partial charge in [0, 0.05) is 16.2 Å². The van der Waals surface area contributed by atoms with Crippen LogP contribution in [0, 0.1) is 23.7 Å². The van der Waals surface area contributed by atoms with Gasteiger partial charge in [-0.15, -0.1) is 0 Å². The Kier molecular flexibility index (Phi) is 5.53. The van der Waals surface area contributed by atoms with E-state index in [1.54, 1.807) is 0 Å². The van der Waals surface area contributed by atoms with Crippen LogP contribution in [0.25, 0.3) is 0 Å². The third-order valence-electron chi connectivity index (χ3n) is 3.78. The monoisotopic (exact) mass is 340 g/mol. The first kappa shape index (κ1) is 16.9. The fraction of sp³-hybridized carbons (Fsp3) is 0.0435. The molecule has 0 saturated heterocycles. The molecule has 2 heteroatoms. The minimum Gasteiger partial charge on any atom is -0.313 e. The maximum Gasteiger partial charge on any atom is 0.154 e. The minimum atomic E-state index is -2.78. The first-order valence-electron chi connectivity index (χ1n) is 8.03. The Bertz CT molecular complexity index is 942. The summed E-state index contributed by atoms with van der Waals surface area (Å²) in [6.07, 6.45) is 0.282. The van der Waals surface area contributed by atoms with Crippen molar-refractivity contribution in [2.75, 3.05) is 6.16 Å². The number of rotatable bonds is 3. The molecule has 3 aromatic rings. The van der Waals surface area contributed by atoms with Gasteiger partial charge in [-0.1, -0.05) is 90.7 Å². The molecule has 0 atom stereocenters. The highest BCUT2D eigenvalue weighted by molar-refractivity contribution is 7.78.